The predicted molar refractivity (Wildman–Crippen MR) is 56.0 cm³/mol. The molecule has 0 aliphatic heterocycles. The third kappa shape index (κ3) is 1.40. The van der Waals surface area contributed by atoms with E-state index in [2.05, 4.69) is 24.9 Å². The molecule has 6 heteroatoms. The molecule has 0 fully saturated rings. The average molecular weight is 216 g/mol. The highest BCUT2D eigenvalue weighted by molar-refractivity contribution is 5.81. The number of hydrogen-bond donors (Lipinski definition) is 2. The molecule has 2 heterocycles. The van der Waals surface area contributed by atoms with Crippen LogP contribution in [0.5, 0.6) is 0 Å². The van der Waals surface area contributed by atoms with Crippen LogP contribution in [0.4, 0.5) is 0 Å². The molecule has 16 heavy (non-hydrogen) atoms. The molecule has 0 atom stereocenters. The maximum Gasteiger partial charge on any atom is 0.438 e. The number of hydrogen-bond acceptors (Lipinski definition) is 4. The van der Waals surface area contributed by atoms with E-state index in [1.807, 2.05) is 24.3 Å². The van der Waals surface area contributed by atoms with Gasteiger partial charge in [-0.05, 0) is 6.07 Å². The summed E-state index contributed by atoms with van der Waals surface area (Å²) >= 11 is 0. The largest absolute Gasteiger partial charge is 0.438 e. The summed E-state index contributed by atoms with van der Waals surface area (Å²) in [7, 11) is 0. The number of rotatable bonds is 2. The zero-order valence-corrected chi connectivity index (χ0v) is 8.23. The fourth-order valence-corrected chi connectivity index (χ4v) is 1.65. The molecule has 3 aromatic rings. The summed E-state index contributed by atoms with van der Waals surface area (Å²) in [5, 5.41) is 11.7. The Morgan fingerprint density at radius 1 is 1.31 bits per heavy atom. The van der Waals surface area contributed by atoms with Crippen molar-refractivity contribution in [3.8, 4) is 0 Å². The molecule has 3 rings (SSSR count). The highest BCUT2D eigenvalue weighted by Gasteiger charge is 2.08. The summed E-state index contributed by atoms with van der Waals surface area (Å²) < 4.78 is 4.43. The van der Waals surface area contributed by atoms with E-state index in [1.54, 1.807) is 0 Å². The zero-order valence-electron chi connectivity index (χ0n) is 8.23. The summed E-state index contributed by atoms with van der Waals surface area (Å²) in [6, 6.07) is 7.74. The molecule has 0 unspecified atom stereocenters. The first kappa shape index (κ1) is 8.90. The summed E-state index contributed by atoms with van der Waals surface area (Å²) in [5.74, 6) is -0.0572. The maximum atomic E-state index is 10.8. The van der Waals surface area contributed by atoms with Crippen LogP contribution < -0.4 is 5.76 Å². The minimum Gasteiger partial charge on any atom is -0.296 e. The number of para-hydroxylation sites is 1. The van der Waals surface area contributed by atoms with Crippen molar-refractivity contribution in [3.05, 3.63) is 46.3 Å². The van der Waals surface area contributed by atoms with E-state index in [1.165, 1.54) is 0 Å². The second kappa shape index (κ2) is 3.34. The van der Waals surface area contributed by atoms with E-state index in [9.17, 15) is 4.79 Å². The SMILES string of the molecule is O=c1[nH]c(Cc2[nH]nc3ccccc23)no1. The Kier molecular flexibility index (Phi) is 1.86. The number of aromatic nitrogens is 4. The van der Waals surface area contributed by atoms with Crippen molar-refractivity contribution in [2.45, 2.75) is 6.42 Å². The van der Waals surface area contributed by atoms with Gasteiger partial charge >= 0.3 is 5.76 Å². The number of nitrogens with one attached hydrogen (secondary N) is 2. The van der Waals surface area contributed by atoms with E-state index < -0.39 is 5.76 Å². The topological polar surface area (TPSA) is 87.6 Å². The van der Waals surface area contributed by atoms with Crippen molar-refractivity contribution in [1.82, 2.24) is 20.3 Å². The average Bonchev–Trinajstić information content (AvgIpc) is 2.87. The first-order valence-corrected chi connectivity index (χ1v) is 4.80. The monoisotopic (exact) mass is 216 g/mol. The lowest BCUT2D eigenvalue weighted by Crippen LogP contribution is -1.98. The molecule has 0 aliphatic rings. The van der Waals surface area contributed by atoms with E-state index in [0.29, 0.717) is 12.2 Å². The van der Waals surface area contributed by atoms with Crippen LogP contribution in [0.2, 0.25) is 0 Å². The maximum absolute atomic E-state index is 10.8. The number of fused-ring (bicyclic) bond motifs is 1. The number of H-pyrrole nitrogens is 2. The van der Waals surface area contributed by atoms with Crippen molar-refractivity contribution in [2.75, 3.05) is 0 Å². The van der Waals surface area contributed by atoms with Crippen LogP contribution in [0.1, 0.15) is 11.5 Å². The lowest BCUT2D eigenvalue weighted by Gasteiger charge is -1.92. The zero-order chi connectivity index (χ0) is 11.0. The van der Waals surface area contributed by atoms with Crippen LogP contribution in [0.25, 0.3) is 10.9 Å². The van der Waals surface area contributed by atoms with Gasteiger partial charge in [-0.3, -0.25) is 14.6 Å². The van der Waals surface area contributed by atoms with Crippen LogP contribution in [0, 0.1) is 0 Å². The molecular weight excluding hydrogens is 208 g/mol. The molecule has 0 saturated heterocycles. The molecule has 0 amide bonds. The Morgan fingerprint density at radius 2 is 2.19 bits per heavy atom. The normalized spacial score (nSPS) is 11.0. The molecule has 0 aliphatic carbocycles. The number of nitrogens with zero attached hydrogens (tertiary/aromatic N) is 2. The quantitative estimate of drug-likeness (QED) is 0.664. The van der Waals surface area contributed by atoms with Crippen LogP contribution in [0.3, 0.4) is 0 Å². The van der Waals surface area contributed by atoms with Crippen molar-refractivity contribution in [3.63, 3.8) is 0 Å². The standard InChI is InChI=1S/C10H8N4O2/c15-10-11-9(14-16-10)5-8-6-3-1-2-4-7(6)12-13-8/h1-4H,5H2,(H,12,13)(H,11,14,15). The number of aromatic amines is 2. The van der Waals surface area contributed by atoms with E-state index in [4.69, 9.17) is 0 Å². The summed E-state index contributed by atoms with van der Waals surface area (Å²) in [6.45, 7) is 0. The third-order valence-corrected chi connectivity index (χ3v) is 2.37. The van der Waals surface area contributed by atoms with Gasteiger partial charge in [-0.15, -0.1) is 0 Å². The lowest BCUT2D eigenvalue weighted by molar-refractivity contribution is 0.382. The Bertz CT molecular complexity index is 679. The van der Waals surface area contributed by atoms with Crippen molar-refractivity contribution in [2.24, 2.45) is 0 Å². The predicted octanol–water partition coefficient (Wildman–Crippen LogP) is 0.830. The highest BCUT2D eigenvalue weighted by Crippen LogP contribution is 2.16. The van der Waals surface area contributed by atoms with Gasteiger partial charge in [0.2, 0.25) is 0 Å². The fraction of sp³-hybridized carbons (Fsp3) is 0.100. The molecule has 1 aromatic carbocycles. The van der Waals surface area contributed by atoms with Gasteiger partial charge in [0.1, 0.15) is 0 Å². The second-order valence-corrected chi connectivity index (χ2v) is 3.44. The minimum atomic E-state index is -0.543. The van der Waals surface area contributed by atoms with Crippen molar-refractivity contribution >= 4 is 10.9 Å². The second-order valence-electron chi connectivity index (χ2n) is 3.44. The molecular formula is C10H8N4O2. The molecule has 80 valence electrons. The van der Waals surface area contributed by atoms with Crippen LogP contribution in [-0.2, 0) is 6.42 Å². The van der Waals surface area contributed by atoms with Crippen LogP contribution in [-0.4, -0.2) is 20.3 Å². The molecule has 2 N–H and O–H groups in total. The molecule has 0 spiro atoms. The molecule has 0 saturated carbocycles. The van der Waals surface area contributed by atoms with E-state index in [-0.39, 0.29) is 0 Å². The van der Waals surface area contributed by atoms with Crippen LogP contribution in [0.15, 0.2) is 33.6 Å². The fourth-order valence-electron chi connectivity index (χ4n) is 1.65. The smallest absolute Gasteiger partial charge is 0.296 e. The van der Waals surface area contributed by atoms with Crippen molar-refractivity contribution < 1.29 is 4.52 Å². The van der Waals surface area contributed by atoms with Gasteiger partial charge in [0.05, 0.1) is 17.6 Å². The summed E-state index contributed by atoms with van der Waals surface area (Å²) in [6.07, 6.45) is 0.465. The summed E-state index contributed by atoms with van der Waals surface area (Å²) in [5.41, 5.74) is 1.79. The Morgan fingerprint density at radius 3 is 3.00 bits per heavy atom. The van der Waals surface area contributed by atoms with Crippen LogP contribution >= 0.6 is 0 Å². The van der Waals surface area contributed by atoms with Gasteiger partial charge in [-0.1, -0.05) is 23.4 Å². The first-order valence-electron chi connectivity index (χ1n) is 4.80. The molecule has 0 radical (unpaired) electrons. The summed E-state index contributed by atoms with van der Waals surface area (Å²) in [4.78, 5) is 13.3. The van der Waals surface area contributed by atoms with Crippen molar-refractivity contribution in [1.29, 1.82) is 0 Å². The van der Waals surface area contributed by atoms with Gasteiger partial charge < -0.3 is 0 Å². The van der Waals surface area contributed by atoms with Gasteiger partial charge in [0.25, 0.3) is 0 Å². The Hall–Kier alpha value is -2.37. The minimum absolute atomic E-state index is 0.465. The molecule has 0 bridgehead atoms. The van der Waals surface area contributed by atoms with E-state index in [0.717, 1.165) is 16.6 Å². The van der Waals surface area contributed by atoms with Gasteiger partial charge in [-0.2, -0.15) is 5.10 Å². The first-order chi connectivity index (χ1) is 7.83. The highest BCUT2D eigenvalue weighted by atomic mass is 16.5. The van der Waals surface area contributed by atoms with Gasteiger partial charge in [0, 0.05) is 5.39 Å². The lowest BCUT2D eigenvalue weighted by atomic mass is 10.1. The Labute approximate surface area is 89.3 Å². The molecule has 6 nitrogen and oxygen atoms in total. The van der Waals surface area contributed by atoms with Gasteiger partial charge in [0.15, 0.2) is 5.82 Å². The van der Waals surface area contributed by atoms with Gasteiger partial charge in [-0.25, -0.2) is 4.79 Å². The third-order valence-electron chi connectivity index (χ3n) is 2.37. The number of benzene rings is 1. The Balaban J connectivity index is 2.03. The van der Waals surface area contributed by atoms with E-state index >= 15 is 0 Å². The molecule has 2 aromatic heterocycles.